The van der Waals surface area contributed by atoms with E-state index in [1.165, 1.54) is 18.3 Å². The molecule has 0 saturated heterocycles. The Bertz CT molecular complexity index is 736. The second-order valence-electron chi connectivity index (χ2n) is 4.11. The molecule has 0 spiro atoms. The monoisotopic (exact) mass is 258 g/mol. The first-order valence-electron chi connectivity index (χ1n) is 5.68. The molecule has 2 aromatic heterocycles. The van der Waals surface area contributed by atoms with Crippen LogP contribution in [0.25, 0.3) is 16.9 Å². The molecule has 2 heterocycles. The molecular formula is C13H11FN4O. The van der Waals surface area contributed by atoms with Crippen molar-refractivity contribution in [1.82, 2.24) is 14.4 Å². The molecule has 3 N–H and O–H groups in total. The van der Waals surface area contributed by atoms with Crippen LogP contribution in [0.5, 0.6) is 0 Å². The van der Waals surface area contributed by atoms with Crippen LogP contribution in [0, 0.1) is 5.82 Å². The van der Waals surface area contributed by atoms with Gasteiger partial charge in [-0.25, -0.2) is 14.4 Å². The third-order valence-electron chi connectivity index (χ3n) is 2.90. The number of halogens is 1. The van der Waals surface area contributed by atoms with Crippen molar-refractivity contribution >= 4 is 11.5 Å². The maximum Gasteiger partial charge on any atom is 0.156 e. The lowest BCUT2D eigenvalue weighted by Gasteiger charge is -2.02. The predicted molar refractivity (Wildman–Crippen MR) is 68.7 cm³/mol. The Morgan fingerprint density at radius 3 is 2.68 bits per heavy atom. The van der Waals surface area contributed by atoms with E-state index in [9.17, 15) is 9.50 Å². The highest BCUT2D eigenvalue weighted by molar-refractivity contribution is 5.66. The summed E-state index contributed by atoms with van der Waals surface area (Å²) in [5, 5.41) is 9.52. The minimum atomic E-state index is -0.316. The molecule has 19 heavy (non-hydrogen) atoms. The van der Waals surface area contributed by atoms with Gasteiger partial charge in [-0.05, 0) is 24.3 Å². The number of aliphatic hydroxyl groups is 1. The quantitative estimate of drug-likeness (QED) is 0.732. The molecule has 0 aliphatic rings. The minimum Gasteiger partial charge on any atom is -0.390 e. The van der Waals surface area contributed by atoms with E-state index in [-0.39, 0.29) is 12.4 Å². The molecule has 0 unspecified atom stereocenters. The van der Waals surface area contributed by atoms with Gasteiger partial charge in [-0.15, -0.1) is 0 Å². The van der Waals surface area contributed by atoms with Crippen molar-refractivity contribution in [3.8, 4) is 11.3 Å². The Hall–Kier alpha value is -2.47. The van der Waals surface area contributed by atoms with Gasteiger partial charge in [0.15, 0.2) is 5.65 Å². The Labute approximate surface area is 108 Å². The Morgan fingerprint density at radius 1 is 1.26 bits per heavy atom. The van der Waals surface area contributed by atoms with Crippen LogP contribution in [0.1, 0.15) is 5.69 Å². The summed E-state index contributed by atoms with van der Waals surface area (Å²) in [7, 11) is 0. The number of hydrogen-bond donors (Lipinski definition) is 2. The largest absolute Gasteiger partial charge is 0.390 e. The summed E-state index contributed by atoms with van der Waals surface area (Å²) in [6.07, 6.45) is 3.13. The molecule has 5 nitrogen and oxygen atoms in total. The SMILES string of the molecule is Nc1cn2c(CO)c(-c3ccc(F)cc3)nc2cn1. The first kappa shape index (κ1) is 11.6. The molecule has 0 bridgehead atoms. The fourth-order valence-corrected chi connectivity index (χ4v) is 2.01. The highest BCUT2D eigenvalue weighted by atomic mass is 19.1. The van der Waals surface area contributed by atoms with Crippen molar-refractivity contribution in [2.45, 2.75) is 6.61 Å². The zero-order chi connectivity index (χ0) is 13.4. The topological polar surface area (TPSA) is 76.4 Å². The molecule has 1 aromatic carbocycles. The fraction of sp³-hybridized carbons (Fsp3) is 0.0769. The van der Waals surface area contributed by atoms with Gasteiger partial charge in [-0.2, -0.15) is 0 Å². The maximum absolute atomic E-state index is 12.9. The van der Waals surface area contributed by atoms with Crippen molar-refractivity contribution in [3.63, 3.8) is 0 Å². The van der Waals surface area contributed by atoms with Crippen molar-refractivity contribution in [2.24, 2.45) is 0 Å². The van der Waals surface area contributed by atoms with Crippen LogP contribution in [-0.2, 0) is 6.61 Å². The summed E-state index contributed by atoms with van der Waals surface area (Å²) in [4.78, 5) is 8.34. The summed E-state index contributed by atoms with van der Waals surface area (Å²) in [6, 6.07) is 5.94. The first-order chi connectivity index (χ1) is 9.19. The summed E-state index contributed by atoms with van der Waals surface area (Å²) >= 11 is 0. The third-order valence-corrected chi connectivity index (χ3v) is 2.90. The molecule has 0 aliphatic carbocycles. The van der Waals surface area contributed by atoms with Crippen molar-refractivity contribution < 1.29 is 9.50 Å². The number of imidazole rings is 1. The zero-order valence-corrected chi connectivity index (χ0v) is 9.92. The number of nitrogens with zero attached hydrogens (tertiary/aromatic N) is 3. The van der Waals surface area contributed by atoms with Crippen molar-refractivity contribution in [3.05, 3.63) is 48.2 Å². The van der Waals surface area contributed by atoms with Gasteiger partial charge in [0.1, 0.15) is 11.6 Å². The number of benzene rings is 1. The molecule has 6 heteroatoms. The van der Waals surface area contributed by atoms with E-state index in [0.717, 1.165) is 5.56 Å². The smallest absolute Gasteiger partial charge is 0.156 e. The van der Waals surface area contributed by atoms with Gasteiger partial charge >= 0.3 is 0 Å². The van der Waals surface area contributed by atoms with Crippen LogP contribution in [0.2, 0.25) is 0 Å². The normalized spacial score (nSPS) is 11.1. The summed E-state index contributed by atoms with van der Waals surface area (Å²) in [5.74, 6) is 0.0224. The van der Waals surface area contributed by atoms with E-state index in [2.05, 4.69) is 9.97 Å². The van der Waals surface area contributed by atoms with Gasteiger partial charge in [-0.3, -0.25) is 4.40 Å². The number of fused-ring (bicyclic) bond motifs is 1. The van der Waals surface area contributed by atoms with Gasteiger partial charge < -0.3 is 10.8 Å². The number of hydrogen-bond acceptors (Lipinski definition) is 4. The van der Waals surface area contributed by atoms with Crippen LogP contribution in [-0.4, -0.2) is 19.5 Å². The molecule has 0 amide bonds. The highest BCUT2D eigenvalue weighted by Crippen LogP contribution is 2.24. The second-order valence-corrected chi connectivity index (χ2v) is 4.11. The lowest BCUT2D eigenvalue weighted by Crippen LogP contribution is -1.98. The molecule has 3 rings (SSSR count). The van der Waals surface area contributed by atoms with Gasteiger partial charge in [0.25, 0.3) is 0 Å². The number of aliphatic hydroxyl groups excluding tert-OH is 1. The minimum absolute atomic E-state index is 0.197. The Morgan fingerprint density at radius 2 is 2.00 bits per heavy atom. The van der Waals surface area contributed by atoms with Crippen LogP contribution >= 0.6 is 0 Å². The number of rotatable bonds is 2. The molecule has 0 fully saturated rings. The molecule has 0 atom stereocenters. The molecular weight excluding hydrogens is 247 g/mol. The van der Waals surface area contributed by atoms with E-state index in [1.807, 2.05) is 0 Å². The lowest BCUT2D eigenvalue weighted by atomic mass is 10.1. The van der Waals surface area contributed by atoms with E-state index in [4.69, 9.17) is 5.73 Å². The summed E-state index contributed by atoms with van der Waals surface area (Å²) in [6.45, 7) is -0.197. The third kappa shape index (κ3) is 1.92. The van der Waals surface area contributed by atoms with Gasteiger partial charge in [-0.1, -0.05) is 0 Å². The molecule has 3 aromatic rings. The predicted octanol–water partition coefficient (Wildman–Crippen LogP) is 1.61. The zero-order valence-electron chi connectivity index (χ0n) is 9.92. The average Bonchev–Trinajstić information content (AvgIpc) is 2.77. The maximum atomic E-state index is 12.9. The van der Waals surface area contributed by atoms with E-state index in [1.54, 1.807) is 22.7 Å². The molecule has 0 radical (unpaired) electrons. The number of nitrogen functional groups attached to an aromatic ring is 1. The summed E-state index contributed by atoms with van der Waals surface area (Å²) in [5.41, 5.74) is 8.12. The average molecular weight is 258 g/mol. The number of anilines is 1. The lowest BCUT2D eigenvalue weighted by molar-refractivity contribution is 0.276. The molecule has 0 saturated carbocycles. The Balaban J connectivity index is 2.25. The van der Waals surface area contributed by atoms with Crippen LogP contribution in [0.3, 0.4) is 0 Å². The fourth-order valence-electron chi connectivity index (χ4n) is 2.01. The molecule has 96 valence electrons. The Kier molecular flexibility index (Phi) is 2.64. The molecule has 0 aliphatic heterocycles. The van der Waals surface area contributed by atoms with E-state index < -0.39 is 0 Å². The first-order valence-corrected chi connectivity index (χ1v) is 5.68. The standard InChI is InChI=1S/C13H11FN4O/c14-9-3-1-8(2-4-9)13-10(7-19)18-6-11(15)16-5-12(18)17-13/h1-6,19H,7,15H2. The highest BCUT2D eigenvalue weighted by Gasteiger charge is 2.13. The van der Waals surface area contributed by atoms with Gasteiger partial charge in [0.2, 0.25) is 0 Å². The van der Waals surface area contributed by atoms with Crippen LogP contribution < -0.4 is 5.73 Å². The van der Waals surface area contributed by atoms with Gasteiger partial charge in [0, 0.05) is 5.56 Å². The second kappa shape index (κ2) is 4.33. The summed E-state index contributed by atoms with van der Waals surface area (Å²) < 4.78 is 14.6. The number of aromatic nitrogens is 3. The van der Waals surface area contributed by atoms with Crippen molar-refractivity contribution in [2.75, 3.05) is 5.73 Å². The van der Waals surface area contributed by atoms with Crippen LogP contribution in [0.15, 0.2) is 36.7 Å². The van der Waals surface area contributed by atoms with Crippen LogP contribution in [0.4, 0.5) is 10.2 Å². The van der Waals surface area contributed by atoms with E-state index in [0.29, 0.717) is 22.9 Å². The van der Waals surface area contributed by atoms with Gasteiger partial charge in [0.05, 0.1) is 30.4 Å². The van der Waals surface area contributed by atoms with Crippen molar-refractivity contribution in [1.29, 1.82) is 0 Å². The van der Waals surface area contributed by atoms with E-state index >= 15 is 0 Å². The number of nitrogens with two attached hydrogens (primary N) is 1.